The second-order valence-corrected chi connectivity index (χ2v) is 7.60. The van der Waals surface area contributed by atoms with Gasteiger partial charge in [0.1, 0.15) is 0 Å². The molecule has 8 heteroatoms. The van der Waals surface area contributed by atoms with Gasteiger partial charge in [-0.25, -0.2) is 0 Å². The zero-order valence-electron chi connectivity index (χ0n) is 15.5. The lowest BCUT2D eigenvalue weighted by Gasteiger charge is -2.15. The topological polar surface area (TPSA) is 92.6 Å². The molecule has 0 aliphatic carbocycles. The van der Waals surface area contributed by atoms with E-state index in [0.717, 1.165) is 25.9 Å². The van der Waals surface area contributed by atoms with Crippen molar-refractivity contribution < 1.29 is 14.5 Å². The molecular weight excluding hydrogens is 378 g/mol. The Bertz CT molecular complexity index is 910. The number of hydrogen-bond acceptors (Lipinski definition) is 5. The molecule has 2 aromatic rings. The van der Waals surface area contributed by atoms with E-state index in [-0.39, 0.29) is 23.3 Å². The van der Waals surface area contributed by atoms with Gasteiger partial charge in [0.2, 0.25) is 5.91 Å². The van der Waals surface area contributed by atoms with Gasteiger partial charge in [-0.3, -0.25) is 19.7 Å². The van der Waals surface area contributed by atoms with Crippen LogP contribution in [0.15, 0.2) is 47.4 Å². The second kappa shape index (κ2) is 8.88. The van der Waals surface area contributed by atoms with Gasteiger partial charge in [0.15, 0.2) is 0 Å². The minimum Gasteiger partial charge on any atom is -0.342 e. The van der Waals surface area contributed by atoms with Crippen LogP contribution in [0.5, 0.6) is 0 Å². The predicted octanol–water partition coefficient (Wildman–Crippen LogP) is 3.87. The van der Waals surface area contributed by atoms with Crippen LogP contribution in [0.25, 0.3) is 0 Å². The van der Waals surface area contributed by atoms with E-state index in [1.54, 1.807) is 37.3 Å². The van der Waals surface area contributed by atoms with Crippen LogP contribution in [-0.4, -0.2) is 40.5 Å². The molecule has 0 aromatic heterocycles. The number of benzene rings is 2. The molecule has 0 bridgehead atoms. The summed E-state index contributed by atoms with van der Waals surface area (Å²) in [5.74, 6) is -0.0120. The molecular formula is C20H21N3O4S. The Kier molecular flexibility index (Phi) is 6.30. The number of hydrogen-bond donors (Lipinski definition) is 1. The molecule has 1 saturated heterocycles. The Labute approximate surface area is 167 Å². The van der Waals surface area contributed by atoms with Gasteiger partial charge < -0.3 is 10.2 Å². The highest BCUT2D eigenvalue weighted by Crippen LogP contribution is 2.26. The van der Waals surface area contributed by atoms with Crippen LogP contribution in [-0.2, 0) is 4.79 Å². The summed E-state index contributed by atoms with van der Waals surface area (Å²) in [6, 6.07) is 11.6. The number of anilines is 1. The van der Waals surface area contributed by atoms with E-state index in [1.807, 2.05) is 11.0 Å². The average molecular weight is 399 g/mol. The second-order valence-electron chi connectivity index (χ2n) is 6.59. The minimum atomic E-state index is -0.473. The number of nitrogens with one attached hydrogen (secondary N) is 1. The van der Waals surface area contributed by atoms with Crippen LogP contribution in [0.4, 0.5) is 11.4 Å². The van der Waals surface area contributed by atoms with Gasteiger partial charge in [0.05, 0.1) is 16.2 Å². The van der Waals surface area contributed by atoms with Crippen molar-refractivity contribution in [2.24, 2.45) is 0 Å². The van der Waals surface area contributed by atoms with Crippen molar-refractivity contribution in [2.75, 3.05) is 24.2 Å². The number of nitro benzene ring substituents is 1. The van der Waals surface area contributed by atoms with Crippen molar-refractivity contribution in [3.05, 3.63) is 63.7 Å². The Morgan fingerprint density at radius 2 is 1.89 bits per heavy atom. The third kappa shape index (κ3) is 4.69. The molecule has 146 valence electrons. The maximum absolute atomic E-state index is 12.7. The van der Waals surface area contributed by atoms with E-state index < -0.39 is 4.92 Å². The van der Waals surface area contributed by atoms with Crippen molar-refractivity contribution in [1.29, 1.82) is 0 Å². The van der Waals surface area contributed by atoms with Gasteiger partial charge in [-0.1, -0.05) is 18.2 Å². The summed E-state index contributed by atoms with van der Waals surface area (Å²) in [7, 11) is 0. The van der Waals surface area contributed by atoms with Crippen molar-refractivity contribution in [3.63, 3.8) is 0 Å². The van der Waals surface area contributed by atoms with Crippen LogP contribution in [0.1, 0.15) is 28.8 Å². The summed E-state index contributed by atoms with van der Waals surface area (Å²) in [6.07, 6.45) is 2.08. The first kappa shape index (κ1) is 19.9. The monoisotopic (exact) mass is 399 g/mol. The normalized spacial score (nSPS) is 13.4. The molecule has 0 unspecified atom stereocenters. The molecule has 0 saturated carbocycles. The third-order valence-corrected chi connectivity index (χ3v) is 5.66. The number of nitro groups is 1. The first-order chi connectivity index (χ1) is 13.5. The summed E-state index contributed by atoms with van der Waals surface area (Å²) in [5.41, 5.74) is 1.27. The summed E-state index contributed by atoms with van der Waals surface area (Å²) >= 11 is 1.33. The van der Waals surface area contributed by atoms with E-state index in [9.17, 15) is 19.7 Å². The van der Waals surface area contributed by atoms with Crippen molar-refractivity contribution >= 4 is 35.0 Å². The molecule has 2 amide bonds. The fourth-order valence-electron chi connectivity index (χ4n) is 3.06. The number of amides is 2. The Morgan fingerprint density at radius 1 is 1.18 bits per heavy atom. The lowest BCUT2D eigenvalue weighted by molar-refractivity contribution is -0.385. The van der Waals surface area contributed by atoms with Gasteiger partial charge in [0.25, 0.3) is 11.6 Å². The summed E-state index contributed by atoms with van der Waals surface area (Å²) < 4.78 is 0. The Hall–Kier alpha value is -2.87. The predicted molar refractivity (Wildman–Crippen MR) is 109 cm³/mol. The third-order valence-electron chi connectivity index (χ3n) is 4.61. The first-order valence-corrected chi connectivity index (χ1v) is 10.0. The lowest BCUT2D eigenvalue weighted by atomic mass is 10.1. The molecule has 0 atom stereocenters. The molecule has 1 aliphatic rings. The van der Waals surface area contributed by atoms with E-state index in [2.05, 4.69) is 5.32 Å². The zero-order chi connectivity index (χ0) is 20.1. The fraction of sp³-hybridized carbons (Fsp3) is 0.300. The largest absolute Gasteiger partial charge is 0.342 e. The highest BCUT2D eigenvalue weighted by Gasteiger charge is 2.20. The molecule has 1 heterocycles. The number of carbonyl (C=O) groups is 2. The lowest BCUT2D eigenvalue weighted by Crippen LogP contribution is -2.29. The van der Waals surface area contributed by atoms with Gasteiger partial charge >= 0.3 is 0 Å². The van der Waals surface area contributed by atoms with Crippen LogP contribution >= 0.6 is 11.8 Å². The summed E-state index contributed by atoms with van der Waals surface area (Å²) in [6.45, 7) is 3.24. The molecule has 1 fully saturated rings. The fourth-order valence-corrected chi connectivity index (χ4v) is 4.01. The van der Waals surface area contributed by atoms with Gasteiger partial charge in [0, 0.05) is 35.3 Å². The van der Waals surface area contributed by atoms with Crippen LogP contribution in [0, 0.1) is 17.0 Å². The average Bonchev–Trinajstić information content (AvgIpc) is 3.22. The van der Waals surface area contributed by atoms with Crippen LogP contribution < -0.4 is 5.32 Å². The highest BCUT2D eigenvalue weighted by atomic mass is 32.2. The maximum Gasteiger partial charge on any atom is 0.274 e. The first-order valence-electron chi connectivity index (χ1n) is 9.01. The molecule has 7 nitrogen and oxygen atoms in total. The number of rotatable bonds is 6. The van der Waals surface area contributed by atoms with Gasteiger partial charge in [-0.2, -0.15) is 0 Å². The molecule has 0 spiro atoms. The van der Waals surface area contributed by atoms with Gasteiger partial charge in [-0.05, 0) is 38.0 Å². The van der Waals surface area contributed by atoms with Crippen LogP contribution in [0.3, 0.4) is 0 Å². The van der Waals surface area contributed by atoms with Crippen molar-refractivity contribution in [2.45, 2.75) is 24.7 Å². The number of nitrogens with zero attached hydrogens (tertiary/aromatic N) is 2. The summed E-state index contributed by atoms with van der Waals surface area (Å²) in [5, 5.41) is 13.8. The van der Waals surface area contributed by atoms with Crippen LogP contribution in [0.2, 0.25) is 0 Å². The summed E-state index contributed by atoms with van der Waals surface area (Å²) in [4.78, 5) is 38.2. The SMILES string of the molecule is Cc1ccc(NC(=O)c2ccccc2SCC(=O)N2CCCC2)cc1[N+](=O)[O-]. The quantitative estimate of drug-likeness (QED) is 0.452. The van der Waals surface area contributed by atoms with E-state index in [0.29, 0.717) is 21.7 Å². The standard InChI is InChI=1S/C20H21N3O4S/c1-14-8-9-15(12-17(14)23(26)27)21-20(25)16-6-2-3-7-18(16)28-13-19(24)22-10-4-5-11-22/h2-3,6-9,12H,4-5,10-11,13H2,1H3,(H,21,25). The molecule has 1 aliphatic heterocycles. The maximum atomic E-state index is 12.7. The van der Waals surface area contributed by atoms with E-state index in [1.165, 1.54) is 17.8 Å². The molecule has 0 radical (unpaired) electrons. The number of thioether (sulfide) groups is 1. The number of carbonyl (C=O) groups excluding carboxylic acids is 2. The Morgan fingerprint density at radius 3 is 2.61 bits per heavy atom. The number of likely N-dealkylation sites (tertiary alicyclic amines) is 1. The molecule has 28 heavy (non-hydrogen) atoms. The molecule has 3 rings (SSSR count). The van der Waals surface area contributed by atoms with E-state index in [4.69, 9.17) is 0 Å². The Balaban J connectivity index is 1.71. The zero-order valence-corrected chi connectivity index (χ0v) is 16.3. The molecule has 1 N–H and O–H groups in total. The number of aryl methyl sites for hydroxylation is 1. The smallest absolute Gasteiger partial charge is 0.274 e. The minimum absolute atomic E-state index is 0.0447. The highest BCUT2D eigenvalue weighted by molar-refractivity contribution is 8.00. The van der Waals surface area contributed by atoms with Crippen molar-refractivity contribution in [3.8, 4) is 0 Å². The van der Waals surface area contributed by atoms with Crippen molar-refractivity contribution in [1.82, 2.24) is 4.90 Å². The van der Waals surface area contributed by atoms with Gasteiger partial charge in [-0.15, -0.1) is 11.8 Å². The molecule has 2 aromatic carbocycles. The van der Waals surface area contributed by atoms with E-state index >= 15 is 0 Å².